The fourth-order valence-corrected chi connectivity index (χ4v) is 6.73. The normalized spacial score (nSPS) is 27.6. The molecule has 2 aromatic rings. The van der Waals surface area contributed by atoms with E-state index in [1.165, 1.54) is 12.8 Å². The highest BCUT2D eigenvalue weighted by molar-refractivity contribution is 5.92. The third kappa shape index (κ3) is 5.02. The number of para-hydroxylation sites is 1. The van der Waals surface area contributed by atoms with Gasteiger partial charge in [0.2, 0.25) is 0 Å². The van der Waals surface area contributed by atoms with Crippen molar-refractivity contribution in [3.05, 3.63) is 65.7 Å². The number of hydrogen-bond acceptors (Lipinski definition) is 3. The van der Waals surface area contributed by atoms with E-state index in [1.54, 1.807) is 0 Å². The number of hydrogen-bond donors (Lipinski definition) is 1. The average molecular weight is 476 g/mol. The number of piperidine rings is 3. The monoisotopic (exact) mass is 475 g/mol. The number of benzene rings is 2. The Labute approximate surface area is 209 Å². The van der Waals surface area contributed by atoms with Crippen molar-refractivity contribution in [1.82, 2.24) is 0 Å². The molecule has 6 rings (SSSR count). The van der Waals surface area contributed by atoms with Crippen LogP contribution in [0.3, 0.4) is 0 Å². The molecule has 1 amide bonds. The second kappa shape index (κ2) is 10.1. The molecule has 0 radical (unpaired) electrons. The van der Waals surface area contributed by atoms with Gasteiger partial charge in [0.1, 0.15) is 6.54 Å². The van der Waals surface area contributed by atoms with Gasteiger partial charge in [0, 0.05) is 24.4 Å². The Morgan fingerprint density at radius 2 is 1.60 bits per heavy atom. The molecule has 4 aliphatic rings. The van der Waals surface area contributed by atoms with Crippen molar-refractivity contribution in [2.45, 2.75) is 69.8 Å². The molecule has 186 valence electrons. The Morgan fingerprint density at radius 3 is 2.29 bits per heavy atom. The van der Waals surface area contributed by atoms with E-state index in [-0.39, 0.29) is 18.0 Å². The summed E-state index contributed by atoms with van der Waals surface area (Å²) in [5.74, 6) is 0.429. The second-order valence-corrected chi connectivity index (χ2v) is 11.1. The molecule has 0 unspecified atom stereocenters. The number of esters is 1. The van der Waals surface area contributed by atoms with Gasteiger partial charge in [-0.1, -0.05) is 74.2 Å². The quantitative estimate of drug-likeness (QED) is 0.347. The molecule has 1 N–H and O–H groups in total. The Morgan fingerprint density at radius 1 is 0.943 bits per heavy atom. The van der Waals surface area contributed by atoms with Gasteiger partial charge < -0.3 is 14.5 Å². The fourth-order valence-electron chi connectivity index (χ4n) is 6.73. The Balaban J connectivity index is 1.30. The van der Waals surface area contributed by atoms with E-state index in [2.05, 4.69) is 17.4 Å². The van der Waals surface area contributed by atoms with Crippen LogP contribution in [0.25, 0.3) is 0 Å². The van der Waals surface area contributed by atoms with Gasteiger partial charge in [0.25, 0.3) is 5.91 Å². The molecule has 4 fully saturated rings. The first kappa shape index (κ1) is 24.1. The number of nitrogens with one attached hydrogen (secondary N) is 1. The summed E-state index contributed by atoms with van der Waals surface area (Å²) in [6.45, 7) is 5.19. The summed E-state index contributed by atoms with van der Waals surface area (Å²) >= 11 is 0. The summed E-state index contributed by atoms with van der Waals surface area (Å²) in [6.07, 6.45) is 8.18. The Kier molecular flexibility index (Phi) is 6.97. The van der Waals surface area contributed by atoms with Gasteiger partial charge in [0.15, 0.2) is 12.6 Å². The summed E-state index contributed by atoms with van der Waals surface area (Å²) in [7, 11) is 0. The summed E-state index contributed by atoms with van der Waals surface area (Å²) < 4.78 is 7.16. The maximum atomic E-state index is 13.9. The van der Waals surface area contributed by atoms with Crippen LogP contribution in [0.1, 0.15) is 62.5 Å². The first-order chi connectivity index (χ1) is 17.0. The third-order valence-electron chi connectivity index (χ3n) is 8.87. The van der Waals surface area contributed by atoms with Gasteiger partial charge in [-0.05, 0) is 37.0 Å². The van der Waals surface area contributed by atoms with Crippen LogP contribution in [0, 0.1) is 12.8 Å². The predicted molar refractivity (Wildman–Crippen MR) is 138 cm³/mol. The van der Waals surface area contributed by atoms with Gasteiger partial charge in [-0.25, -0.2) is 0 Å². The molecule has 0 spiro atoms. The number of aryl methyl sites for hydroxylation is 1. The smallest absolute Gasteiger partial charge is 0.317 e. The molecule has 3 heterocycles. The van der Waals surface area contributed by atoms with E-state index in [1.807, 2.05) is 49.4 Å². The lowest BCUT2D eigenvalue weighted by molar-refractivity contribution is -0.939. The SMILES string of the molecule is Cc1ccccc1NC(=O)C[N+]12CCC(CC1)[C@@H](OC(=O)C1(c3ccccc3)CCCCCC1)C2. The highest BCUT2D eigenvalue weighted by Crippen LogP contribution is 2.42. The molecule has 5 nitrogen and oxygen atoms in total. The van der Waals surface area contributed by atoms with E-state index >= 15 is 0 Å². The highest BCUT2D eigenvalue weighted by atomic mass is 16.5. The zero-order valence-electron chi connectivity index (χ0n) is 21.0. The molecule has 1 aliphatic carbocycles. The van der Waals surface area contributed by atoms with Crippen LogP contribution in [0.15, 0.2) is 54.6 Å². The molecular weight excluding hydrogens is 436 g/mol. The van der Waals surface area contributed by atoms with Crippen LogP contribution in [-0.4, -0.2) is 48.6 Å². The van der Waals surface area contributed by atoms with Gasteiger partial charge in [-0.15, -0.1) is 0 Å². The van der Waals surface area contributed by atoms with E-state index in [0.29, 0.717) is 12.5 Å². The predicted octanol–water partition coefficient (Wildman–Crippen LogP) is 5.38. The zero-order chi connectivity index (χ0) is 24.3. The van der Waals surface area contributed by atoms with E-state index < -0.39 is 5.41 Å². The van der Waals surface area contributed by atoms with Crippen LogP contribution in [-0.2, 0) is 19.7 Å². The van der Waals surface area contributed by atoms with Crippen molar-refractivity contribution in [1.29, 1.82) is 0 Å². The number of anilines is 1. The number of amides is 1. The number of quaternary nitrogens is 1. The molecule has 3 aliphatic heterocycles. The number of carbonyl (C=O) groups excluding carboxylic acids is 2. The maximum absolute atomic E-state index is 13.9. The Bertz CT molecular complexity index is 1030. The zero-order valence-corrected chi connectivity index (χ0v) is 21.0. The summed E-state index contributed by atoms with van der Waals surface area (Å²) in [6, 6.07) is 18.2. The van der Waals surface area contributed by atoms with Crippen molar-refractivity contribution in [3.63, 3.8) is 0 Å². The number of carbonyl (C=O) groups is 2. The van der Waals surface area contributed by atoms with E-state index in [9.17, 15) is 9.59 Å². The van der Waals surface area contributed by atoms with Crippen LogP contribution < -0.4 is 5.32 Å². The van der Waals surface area contributed by atoms with Crippen LogP contribution in [0.2, 0.25) is 0 Å². The van der Waals surface area contributed by atoms with Crippen molar-refractivity contribution in [2.24, 2.45) is 5.92 Å². The maximum Gasteiger partial charge on any atom is 0.317 e. The first-order valence-electron chi connectivity index (χ1n) is 13.5. The summed E-state index contributed by atoms with van der Waals surface area (Å²) in [5, 5.41) is 3.11. The van der Waals surface area contributed by atoms with Gasteiger partial charge in [-0.3, -0.25) is 9.59 Å². The topological polar surface area (TPSA) is 55.4 Å². The molecule has 3 saturated heterocycles. The molecule has 5 heteroatoms. The molecule has 35 heavy (non-hydrogen) atoms. The number of fused-ring (bicyclic) bond motifs is 3. The number of rotatable bonds is 6. The lowest BCUT2D eigenvalue weighted by Gasteiger charge is -2.52. The molecule has 0 aromatic heterocycles. The van der Waals surface area contributed by atoms with Crippen molar-refractivity contribution in [2.75, 3.05) is 31.5 Å². The fraction of sp³-hybridized carbons (Fsp3) is 0.533. The Hall–Kier alpha value is -2.66. The van der Waals surface area contributed by atoms with E-state index in [4.69, 9.17) is 4.74 Å². The summed E-state index contributed by atoms with van der Waals surface area (Å²) in [5.41, 5.74) is 2.52. The molecule has 2 aromatic carbocycles. The van der Waals surface area contributed by atoms with Crippen LogP contribution >= 0.6 is 0 Å². The molecule has 2 bridgehead atoms. The van der Waals surface area contributed by atoms with Crippen molar-refractivity contribution >= 4 is 17.6 Å². The van der Waals surface area contributed by atoms with Crippen molar-refractivity contribution in [3.8, 4) is 0 Å². The summed E-state index contributed by atoms with van der Waals surface area (Å²) in [4.78, 5) is 26.9. The van der Waals surface area contributed by atoms with Gasteiger partial charge in [0.05, 0.1) is 18.5 Å². The standard InChI is InChI=1S/C30H38N2O3/c1-23-11-7-8-14-26(23)31-28(33)22-32-19-15-24(16-20-32)27(21-32)35-29(34)30(17-9-2-3-10-18-30)25-12-5-4-6-13-25/h4-8,11-14,24,27H,2-3,9-10,15-22H2,1H3/p+1/t24?,27-,32?/m0/s1. The average Bonchev–Trinajstić information content (AvgIpc) is 3.14. The van der Waals surface area contributed by atoms with Crippen LogP contribution in [0.4, 0.5) is 5.69 Å². The molecule has 1 atom stereocenters. The van der Waals surface area contributed by atoms with Crippen molar-refractivity contribution < 1.29 is 18.8 Å². The largest absolute Gasteiger partial charge is 0.455 e. The first-order valence-corrected chi connectivity index (χ1v) is 13.5. The minimum absolute atomic E-state index is 0.0353. The van der Waals surface area contributed by atoms with Gasteiger partial charge in [-0.2, -0.15) is 0 Å². The van der Waals surface area contributed by atoms with Gasteiger partial charge >= 0.3 is 5.97 Å². The number of nitrogens with zero attached hydrogens (tertiary/aromatic N) is 1. The molecular formula is C30H39N2O3+. The highest BCUT2D eigenvalue weighted by Gasteiger charge is 2.51. The third-order valence-corrected chi connectivity index (χ3v) is 8.87. The second-order valence-electron chi connectivity index (χ2n) is 11.1. The lowest BCUT2D eigenvalue weighted by atomic mass is 9.74. The minimum Gasteiger partial charge on any atom is -0.455 e. The molecule has 1 saturated carbocycles. The van der Waals surface area contributed by atoms with E-state index in [0.717, 1.165) is 79.5 Å². The minimum atomic E-state index is -0.531. The number of ether oxygens (including phenoxy) is 1. The van der Waals surface area contributed by atoms with Crippen LogP contribution in [0.5, 0.6) is 0 Å². The lowest BCUT2D eigenvalue weighted by Crippen LogP contribution is -2.66.